The number of rotatable bonds is 2. The molecular weight excluding hydrogens is 288 g/mol. The summed E-state index contributed by atoms with van der Waals surface area (Å²) in [6, 6.07) is 14.1. The number of fused-ring (bicyclic) bond motifs is 1. The summed E-state index contributed by atoms with van der Waals surface area (Å²) in [6.45, 7) is 3.23. The number of aromatic nitrogens is 2. The lowest BCUT2D eigenvalue weighted by Crippen LogP contribution is -2.48. The Bertz CT molecular complexity index is 819. The highest BCUT2D eigenvalue weighted by Crippen LogP contribution is 2.17. The first kappa shape index (κ1) is 13.8. The van der Waals surface area contributed by atoms with E-state index in [-0.39, 0.29) is 5.91 Å². The van der Waals surface area contributed by atoms with E-state index in [0.717, 1.165) is 37.3 Å². The molecule has 5 nitrogen and oxygen atoms in total. The van der Waals surface area contributed by atoms with E-state index in [1.165, 1.54) is 5.69 Å². The fraction of sp³-hybridized carbons (Fsp3) is 0.222. The van der Waals surface area contributed by atoms with Gasteiger partial charge in [-0.3, -0.25) is 4.79 Å². The molecule has 4 rings (SSSR count). The van der Waals surface area contributed by atoms with Crippen LogP contribution in [0.5, 0.6) is 0 Å². The minimum absolute atomic E-state index is 0.0985. The Balaban J connectivity index is 1.46. The Labute approximate surface area is 134 Å². The molecule has 0 N–H and O–H groups in total. The van der Waals surface area contributed by atoms with E-state index in [1.54, 1.807) is 12.5 Å². The van der Waals surface area contributed by atoms with Crippen LogP contribution in [0.2, 0.25) is 0 Å². The van der Waals surface area contributed by atoms with Gasteiger partial charge in [0.15, 0.2) is 0 Å². The van der Waals surface area contributed by atoms with Crippen LogP contribution in [0, 0.1) is 0 Å². The molecule has 0 saturated carbocycles. The van der Waals surface area contributed by atoms with Crippen molar-refractivity contribution in [2.45, 2.75) is 0 Å². The third kappa shape index (κ3) is 2.65. The summed E-state index contributed by atoms with van der Waals surface area (Å²) in [4.78, 5) is 21.0. The number of hydrogen-bond acceptors (Lipinski definition) is 3. The molecule has 1 fully saturated rings. The van der Waals surface area contributed by atoms with Gasteiger partial charge in [0, 0.05) is 43.6 Å². The first-order valence-electron chi connectivity index (χ1n) is 7.82. The quantitative estimate of drug-likeness (QED) is 0.729. The van der Waals surface area contributed by atoms with Crippen molar-refractivity contribution in [3.05, 3.63) is 66.7 Å². The monoisotopic (exact) mass is 306 g/mol. The average molecular weight is 306 g/mol. The van der Waals surface area contributed by atoms with Crippen molar-refractivity contribution in [3.63, 3.8) is 0 Å². The number of nitrogens with zero attached hydrogens (tertiary/aromatic N) is 4. The van der Waals surface area contributed by atoms with Gasteiger partial charge in [0.2, 0.25) is 0 Å². The number of piperazine rings is 1. The number of hydrogen-bond donors (Lipinski definition) is 0. The zero-order valence-corrected chi connectivity index (χ0v) is 12.8. The van der Waals surface area contributed by atoms with Gasteiger partial charge >= 0.3 is 0 Å². The predicted octanol–water partition coefficient (Wildman–Crippen LogP) is 2.30. The molecule has 0 aliphatic carbocycles. The van der Waals surface area contributed by atoms with Gasteiger partial charge in [-0.05, 0) is 24.3 Å². The van der Waals surface area contributed by atoms with Crippen LogP contribution < -0.4 is 4.90 Å². The van der Waals surface area contributed by atoms with Crippen molar-refractivity contribution in [1.29, 1.82) is 0 Å². The van der Waals surface area contributed by atoms with Crippen molar-refractivity contribution in [2.24, 2.45) is 0 Å². The zero-order chi connectivity index (χ0) is 15.6. The zero-order valence-electron chi connectivity index (χ0n) is 12.8. The minimum atomic E-state index is 0.0985. The molecule has 1 amide bonds. The van der Waals surface area contributed by atoms with Gasteiger partial charge in [0.25, 0.3) is 5.91 Å². The van der Waals surface area contributed by atoms with E-state index in [4.69, 9.17) is 0 Å². The van der Waals surface area contributed by atoms with Gasteiger partial charge < -0.3 is 14.2 Å². The second-order valence-corrected chi connectivity index (χ2v) is 5.76. The number of imidazole rings is 1. The van der Waals surface area contributed by atoms with E-state index in [2.05, 4.69) is 22.0 Å². The predicted molar refractivity (Wildman–Crippen MR) is 89.8 cm³/mol. The number of anilines is 1. The van der Waals surface area contributed by atoms with E-state index in [1.807, 2.05) is 45.8 Å². The van der Waals surface area contributed by atoms with Gasteiger partial charge in [-0.15, -0.1) is 0 Å². The maximum atomic E-state index is 12.7. The number of benzene rings is 1. The summed E-state index contributed by atoms with van der Waals surface area (Å²) in [6.07, 6.45) is 5.39. The standard InChI is InChI=1S/C18H18N4O/c23-18(15-6-7-22-14-19-13-17(22)12-15)21-10-8-20(9-11-21)16-4-2-1-3-5-16/h1-7,12-14H,8-11H2. The van der Waals surface area contributed by atoms with Crippen LogP contribution in [0.25, 0.3) is 5.52 Å². The van der Waals surface area contributed by atoms with E-state index >= 15 is 0 Å². The molecule has 0 unspecified atom stereocenters. The molecule has 2 aromatic heterocycles. The van der Waals surface area contributed by atoms with Gasteiger partial charge in [0.1, 0.15) is 0 Å². The highest BCUT2D eigenvalue weighted by Gasteiger charge is 2.22. The van der Waals surface area contributed by atoms with Crippen LogP contribution in [-0.2, 0) is 0 Å². The van der Waals surface area contributed by atoms with Crippen molar-refractivity contribution in [1.82, 2.24) is 14.3 Å². The summed E-state index contributed by atoms with van der Waals surface area (Å²) in [5.41, 5.74) is 2.89. The second kappa shape index (κ2) is 5.76. The Morgan fingerprint density at radius 1 is 1.00 bits per heavy atom. The maximum Gasteiger partial charge on any atom is 0.254 e. The molecule has 116 valence electrons. The van der Waals surface area contributed by atoms with E-state index in [9.17, 15) is 4.79 Å². The van der Waals surface area contributed by atoms with Crippen LogP contribution >= 0.6 is 0 Å². The molecule has 3 heterocycles. The number of para-hydroxylation sites is 1. The number of amides is 1. The fourth-order valence-corrected chi connectivity index (χ4v) is 3.04. The van der Waals surface area contributed by atoms with Crippen LogP contribution in [0.4, 0.5) is 5.69 Å². The van der Waals surface area contributed by atoms with Crippen LogP contribution in [0.3, 0.4) is 0 Å². The third-order valence-electron chi connectivity index (χ3n) is 4.35. The van der Waals surface area contributed by atoms with Crippen molar-refractivity contribution in [3.8, 4) is 0 Å². The van der Waals surface area contributed by atoms with Gasteiger partial charge in [0.05, 0.1) is 18.0 Å². The summed E-state index contributed by atoms with van der Waals surface area (Å²) >= 11 is 0. The lowest BCUT2D eigenvalue weighted by molar-refractivity contribution is 0.0747. The van der Waals surface area contributed by atoms with Crippen LogP contribution in [0.1, 0.15) is 10.4 Å². The lowest BCUT2D eigenvalue weighted by Gasteiger charge is -2.36. The molecule has 23 heavy (non-hydrogen) atoms. The molecule has 0 atom stereocenters. The topological polar surface area (TPSA) is 40.9 Å². The highest BCUT2D eigenvalue weighted by atomic mass is 16.2. The molecule has 1 aliphatic heterocycles. The summed E-state index contributed by atoms with van der Waals surface area (Å²) < 4.78 is 1.91. The molecule has 0 radical (unpaired) electrons. The van der Waals surface area contributed by atoms with E-state index in [0.29, 0.717) is 0 Å². The van der Waals surface area contributed by atoms with E-state index < -0.39 is 0 Å². The smallest absolute Gasteiger partial charge is 0.254 e. The molecule has 0 spiro atoms. The van der Waals surface area contributed by atoms with Crippen LogP contribution in [-0.4, -0.2) is 46.4 Å². The third-order valence-corrected chi connectivity index (χ3v) is 4.35. The van der Waals surface area contributed by atoms with Crippen molar-refractivity contribution >= 4 is 17.1 Å². The molecule has 5 heteroatoms. The van der Waals surface area contributed by atoms with Crippen molar-refractivity contribution in [2.75, 3.05) is 31.1 Å². The first-order chi connectivity index (χ1) is 11.3. The molecule has 1 saturated heterocycles. The summed E-state index contributed by atoms with van der Waals surface area (Å²) in [5, 5.41) is 0. The molecule has 0 bridgehead atoms. The average Bonchev–Trinajstić information content (AvgIpc) is 3.10. The summed E-state index contributed by atoms with van der Waals surface area (Å²) in [7, 11) is 0. The fourth-order valence-electron chi connectivity index (χ4n) is 3.04. The van der Waals surface area contributed by atoms with Gasteiger partial charge in [-0.25, -0.2) is 4.98 Å². The molecule has 1 aromatic carbocycles. The van der Waals surface area contributed by atoms with Gasteiger partial charge in [-0.1, -0.05) is 18.2 Å². The molecular formula is C18H18N4O. The second-order valence-electron chi connectivity index (χ2n) is 5.76. The Hall–Kier alpha value is -2.82. The lowest BCUT2D eigenvalue weighted by atomic mass is 10.2. The Morgan fingerprint density at radius 3 is 2.57 bits per heavy atom. The normalized spacial score (nSPS) is 15.1. The SMILES string of the molecule is O=C(c1ccn2cncc2c1)N1CCN(c2ccccc2)CC1. The molecule has 1 aliphatic rings. The van der Waals surface area contributed by atoms with Crippen LogP contribution in [0.15, 0.2) is 61.2 Å². The maximum absolute atomic E-state index is 12.7. The van der Waals surface area contributed by atoms with Crippen molar-refractivity contribution < 1.29 is 4.79 Å². The Kier molecular flexibility index (Phi) is 3.46. The Morgan fingerprint density at radius 2 is 1.78 bits per heavy atom. The largest absolute Gasteiger partial charge is 0.368 e. The first-order valence-corrected chi connectivity index (χ1v) is 7.82. The molecule has 3 aromatic rings. The number of pyridine rings is 1. The highest BCUT2D eigenvalue weighted by molar-refractivity contribution is 5.95. The number of carbonyl (C=O) groups excluding carboxylic acids is 1. The summed E-state index contributed by atoms with van der Waals surface area (Å²) in [5.74, 6) is 0.0985. The number of carbonyl (C=O) groups is 1. The van der Waals surface area contributed by atoms with Gasteiger partial charge in [-0.2, -0.15) is 0 Å². The minimum Gasteiger partial charge on any atom is -0.368 e.